The largest absolute Gasteiger partial charge is 0.463 e. The molecule has 1 aromatic carbocycles. The van der Waals surface area contributed by atoms with Crippen molar-refractivity contribution in [3.05, 3.63) is 48.0 Å². The topological polar surface area (TPSA) is 105 Å². The van der Waals surface area contributed by atoms with E-state index in [4.69, 9.17) is 4.74 Å². The standard InChI is InChI=1S/C26H36N2O5/c1-19-17-33-25(32)22(15-20-9-3-2-4-10-20)12-6-5-11-21(24(31)27-19)16-23(30)28-26(18-29)13-7-8-14-26/h2-6,9-10,19,21-22,29H,7-8,11-18H2,1H3,(H,27,31)(H,28,30). The summed E-state index contributed by atoms with van der Waals surface area (Å²) in [6, 6.07) is 9.48. The van der Waals surface area contributed by atoms with Crippen molar-refractivity contribution < 1.29 is 24.2 Å². The Morgan fingerprint density at radius 3 is 2.45 bits per heavy atom. The summed E-state index contributed by atoms with van der Waals surface area (Å²) >= 11 is 0. The Labute approximate surface area is 196 Å². The molecule has 1 fully saturated rings. The number of esters is 1. The van der Waals surface area contributed by atoms with Crippen LogP contribution in [0.2, 0.25) is 0 Å². The van der Waals surface area contributed by atoms with E-state index in [0.717, 1.165) is 31.2 Å². The summed E-state index contributed by atoms with van der Waals surface area (Å²) in [4.78, 5) is 38.2. The van der Waals surface area contributed by atoms with Crippen molar-refractivity contribution in [3.63, 3.8) is 0 Å². The number of carbonyl (C=O) groups is 3. The van der Waals surface area contributed by atoms with E-state index in [2.05, 4.69) is 10.6 Å². The average molecular weight is 457 g/mol. The first-order valence-corrected chi connectivity index (χ1v) is 12.0. The third-order valence-corrected chi connectivity index (χ3v) is 6.60. The molecule has 3 rings (SSSR count). The normalized spacial score (nSPS) is 25.9. The Morgan fingerprint density at radius 2 is 1.79 bits per heavy atom. The molecular formula is C26H36N2O5. The third-order valence-electron chi connectivity index (χ3n) is 6.60. The first-order chi connectivity index (χ1) is 15.9. The van der Waals surface area contributed by atoms with Crippen LogP contribution in [0.25, 0.3) is 0 Å². The van der Waals surface area contributed by atoms with Crippen molar-refractivity contribution in [1.29, 1.82) is 0 Å². The lowest BCUT2D eigenvalue weighted by molar-refractivity contribution is -0.149. The summed E-state index contributed by atoms with van der Waals surface area (Å²) in [6.07, 6.45) is 8.83. The first-order valence-electron chi connectivity index (χ1n) is 12.0. The smallest absolute Gasteiger partial charge is 0.309 e. The maximum Gasteiger partial charge on any atom is 0.309 e. The van der Waals surface area contributed by atoms with E-state index in [1.54, 1.807) is 6.92 Å². The molecule has 3 N–H and O–H groups in total. The molecule has 2 aliphatic rings. The van der Waals surface area contributed by atoms with Crippen LogP contribution in [0.3, 0.4) is 0 Å². The van der Waals surface area contributed by atoms with Gasteiger partial charge >= 0.3 is 5.97 Å². The highest BCUT2D eigenvalue weighted by Gasteiger charge is 2.35. The minimum atomic E-state index is -0.555. The summed E-state index contributed by atoms with van der Waals surface area (Å²) < 4.78 is 5.50. The van der Waals surface area contributed by atoms with Gasteiger partial charge in [0.05, 0.1) is 30.0 Å². The van der Waals surface area contributed by atoms with Crippen molar-refractivity contribution in [1.82, 2.24) is 10.6 Å². The molecule has 1 heterocycles. The average Bonchev–Trinajstić information content (AvgIpc) is 3.27. The van der Waals surface area contributed by atoms with Crippen molar-refractivity contribution in [2.45, 2.75) is 69.9 Å². The Kier molecular flexibility index (Phi) is 9.06. The van der Waals surface area contributed by atoms with Gasteiger partial charge in [-0.15, -0.1) is 0 Å². The monoisotopic (exact) mass is 456 g/mol. The van der Waals surface area contributed by atoms with Crippen molar-refractivity contribution in [3.8, 4) is 0 Å². The van der Waals surface area contributed by atoms with Gasteiger partial charge in [0.25, 0.3) is 0 Å². The second-order valence-electron chi connectivity index (χ2n) is 9.46. The molecule has 33 heavy (non-hydrogen) atoms. The van der Waals surface area contributed by atoms with E-state index in [9.17, 15) is 19.5 Å². The zero-order chi connectivity index (χ0) is 23.7. The number of allylic oxidation sites excluding steroid dienone is 2. The molecule has 0 saturated heterocycles. The number of aliphatic hydroxyl groups excluding tert-OH is 1. The Balaban J connectivity index is 1.66. The van der Waals surface area contributed by atoms with Crippen LogP contribution in [0.15, 0.2) is 42.5 Å². The molecule has 7 nitrogen and oxygen atoms in total. The summed E-state index contributed by atoms with van der Waals surface area (Å²) in [6.45, 7) is 1.79. The fourth-order valence-corrected chi connectivity index (χ4v) is 4.64. The number of nitrogens with one attached hydrogen (secondary N) is 2. The third kappa shape index (κ3) is 7.42. The number of hydrogen-bond donors (Lipinski definition) is 3. The molecule has 3 unspecified atom stereocenters. The minimum absolute atomic E-state index is 0.0534. The van der Waals surface area contributed by atoms with Crippen LogP contribution >= 0.6 is 0 Å². The molecule has 0 radical (unpaired) electrons. The number of rotatable bonds is 6. The molecule has 180 valence electrons. The highest BCUT2D eigenvalue weighted by Crippen LogP contribution is 2.29. The van der Waals surface area contributed by atoms with Gasteiger partial charge in [-0.3, -0.25) is 14.4 Å². The number of benzene rings is 1. The van der Waals surface area contributed by atoms with E-state index in [1.807, 2.05) is 42.5 Å². The predicted molar refractivity (Wildman–Crippen MR) is 125 cm³/mol. The first kappa shape index (κ1) is 25.0. The predicted octanol–water partition coefficient (Wildman–Crippen LogP) is 2.67. The van der Waals surface area contributed by atoms with E-state index in [-0.39, 0.29) is 49.4 Å². The van der Waals surface area contributed by atoms with Gasteiger partial charge in [-0.25, -0.2) is 0 Å². The van der Waals surface area contributed by atoms with Gasteiger partial charge in [0.2, 0.25) is 11.8 Å². The molecule has 0 bridgehead atoms. The zero-order valence-corrected chi connectivity index (χ0v) is 19.4. The van der Waals surface area contributed by atoms with Crippen LogP contribution in [0.4, 0.5) is 0 Å². The zero-order valence-electron chi connectivity index (χ0n) is 19.4. The molecule has 0 aromatic heterocycles. The van der Waals surface area contributed by atoms with Crippen LogP contribution in [0.1, 0.15) is 57.4 Å². The van der Waals surface area contributed by atoms with Crippen LogP contribution in [0.5, 0.6) is 0 Å². The SMILES string of the molecule is CC1COC(=O)C(Cc2ccccc2)CC=CCC(CC(=O)NC2(CO)CCCC2)C(=O)N1. The molecule has 0 spiro atoms. The maximum absolute atomic E-state index is 12.8. The van der Waals surface area contributed by atoms with Gasteiger partial charge in [0.1, 0.15) is 6.61 Å². The number of carbonyl (C=O) groups excluding carboxylic acids is 3. The highest BCUT2D eigenvalue weighted by atomic mass is 16.5. The number of aliphatic hydroxyl groups is 1. The van der Waals surface area contributed by atoms with Crippen LogP contribution in [0, 0.1) is 11.8 Å². The van der Waals surface area contributed by atoms with E-state index in [1.165, 1.54) is 0 Å². The molecule has 1 aliphatic heterocycles. The van der Waals surface area contributed by atoms with Crippen LogP contribution in [-0.2, 0) is 25.5 Å². The fraction of sp³-hybridized carbons (Fsp3) is 0.577. The Hall–Kier alpha value is -2.67. The van der Waals surface area contributed by atoms with E-state index < -0.39 is 11.5 Å². The van der Waals surface area contributed by atoms with Crippen molar-refractivity contribution in [2.75, 3.05) is 13.2 Å². The molecule has 3 atom stereocenters. The summed E-state index contributed by atoms with van der Waals surface area (Å²) in [5, 5.41) is 15.6. The molecule has 2 amide bonds. The summed E-state index contributed by atoms with van der Waals surface area (Å²) in [7, 11) is 0. The lowest BCUT2D eigenvalue weighted by Gasteiger charge is -2.29. The Bertz CT molecular complexity index is 832. The minimum Gasteiger partial charge on any atom is -0.463 e. The van der Waals surface area contributed by atoms with Crippen LogP contribution in [-0.4, -0.2) is 47.7 Å². The van der Waals surface area contributed by atoms with E-state index in [0.29, 0.717) is 19.3 Å². The summed E-state index contributed by atoms with van der Waals surface area (Å²) in [5.74, 6) is -1.55. The van der Waals surface area contributed by atoms with Gasteiger partial charge in [0.15, 0.2) is 0 Å². The van der Waals surface area contributed by atoms with Crippen molar-refractivity contribution in [2.24, 2.45) is 11.8 Å². The molecule has 1 saturated carbocycles. The second kappa shape index (κ2) is 12.0. The number of ether oxygens (including phenoxy) is 1. The number of cyclic esters (lactones) is 1. The summed E-state index contributed by atoms with van der Waals surface area (Å²) in [5.41, 5.74) is 0.515. The Morgan fingerprint density at radius 1 is 1.12 bits per heavy atom. The molecule has 1 aliphatic carbocycles. The van der Waals surface area contributed by atoms with Gasteiger partial charge in [-0.1, -0.05) is 55.3 Å². The fourth-order valence-electron chi connectivity index (χ4n) is 4.64. The number of hydrogen-bond acceptors (Lipinski definition) is 5. The van der Waals surface area contributed by atoms with Gasteiger partial charge in [0, 0.05) is 6.42 Å². The van der Waals surface area contributed by atoms with Crippen LogP contribution < -0.4 is 10.6 Å². The van der Waals surface area contributed by atoms with Gasteiger partial charge < -0.3 is 20.5 Å². The quantitative estimate of drug-likeness (QED) is 0.451. The molecule has 7 heteroatoms. The van der Waals surface area contributed by atoms with E-state index >= 15 is 0 Å². The van der Waals surface area contributed by atoms with Crippen molar-refractivity contribution >= 4 is 17.8 Å². The number of amides is 2. The highest BCUT2D eigenvalue weighted by molar-refractivity contribution is 5.86. The van der Waals surface area contributed by atoms with Gasteiger partial charge in [-0.2, -0.15) is 0 Å². The molecular weight excluding hydrogens is 420 g/mol. The second-order valence-corrected chi connectivity index (χ2v) is 9.46. The lowest BCUT2D eigenvalue weighted by Crippen LogP contribution is -2.50. The molecule has 1 aromatic rings. The lowest BCUT2D eigenvalue weighted by atomic mass is 9.93. The van der Waals surface area contributed by atoms with Gasteiger partial charge in [-0.05, 0) is 44.6 Å². The maximum atomic E-state index is 12.8.